The monoisotopic (exact) mass is 167 g/mol. The van der Waals surface area contributed by atoms with Crippen LogP contribution in [0.1, 0.15) is 26.7 Å². The lowest BCUT2D eigenvalue weighted by Gasteiger charge is -1.97. The maximum atomic E-state index is 8.86. The molecule has 0 saturated heterocycles. The van der Waals surface area contributed by atoms with Gasteiger partial charge in [-0.1, -0.05) is 12.2 Å². The summed E-state index contributed by atoms with van der Waals surface area (Å²) in [4.78, 5) is 0. The Labute approximate surface area is 74.1 Å². The summed E-state index contributed by atoms with van der Waals surface area (Å²) in [6.07, 6.45) is 9.01. The second kappa shape index (κ2) is 6.53. The lowest BCUT2D eigenvalue weighted by molar-refractivity contribution is 0.411. The zero-order valence-corrected chi connectivity index (χ0v) is 7.75. The zero-order valence-electron chi connectivity index (χ0n) is 7.75. The van der Waals surface area contributed by atoms with Crippen molar-refractivity contribution in [1.82, 2.24) is 0 Å². The van der Waals surface area contributed by atoms with E-state index in [0.29, 0.717) is 5.76 Å². The third-order valence-electron chi connectivity index (χ3n) is 1.47. The van der Waals surface area contributed by atoms with E-state index in [1.54, 1.807) is 19.2 Å². The molecule has 0 bridgehead atoms. The van der Waals surface area contributed by atoms with Gasteiger partial charge in [0.15, 0.2) is 0 Å². The number of allylic oxidation sites excluding steroid dienone is 5. The van der Waals surface area contributed by atoms with E-state index in [2.05, 4.69) is 0 Å². The summed E-state index contributed by atoms with van der Waals surface area (Å²) in [6, 6.07) is 0. The Morgan fingerprint density at radius 2 is 2.17 bits per heavy atom. The standard InChI is InChI=1S/C10H17NO/c1-3-5-10(8-11)7-4-6-9(2)12/h3,5-6,8,12H,4,7,11H2,1-2H3/b5-3-,9-6+,10-8+. The van der Waals surface area contributed by atoms with Crippen LogP contribution in [-0.2, 0) is 0 Å². The molecule has 0 aromatic heterocycles. The summed E-state index contributed by atoms with van der Waals surface area (Å²) in [5.41, 5.74) is 6.47. The highest BCUT2D eigenvalue weighted by molar-refractivity contribution is 5.17. The highest BCUT2D eigenvalue weighted by atomic mass is 16.3. The molecular weight excluding hydrogens is 150 g/mol. The molecule has 2 nitrogen and oxygen atoms in total. The van der Waals surface area contributed by atoms with Crippen molar-refractivity contribution in [2.45, 2.75) is 26.7 Å². The molecule has 0 aliphatic carbocycles. The number of hydrogen-bond acceptors (Lipinski definition) is 2. The molecule has 3 N–H and O–H groups in total. The quantitative estimate of drug-likeness (QED) is 0.499. The van der Waals surface area contributed by atoms with Crippen LogP contribution in [-0.4, -0.2) is 5.11 Å². The zero-order chi connectivity index (χ0) is 9.40. The fourth-order valence-corrected chi connectivity index (χ4v) is 0.884. The van der Waals surface area contributed by atoms with Crippen molar-refractivity contribution in [2.75, 3.05) is 0 Å². The summed E-state index contributed by atoms with van der Waals surface area (Å²) in [6.45, 7) is 3.62. The van der Waals surface area contributed by atoms with Gasteiger partial charge in [0.25, 0.3) is 0 Å². The van der Waals surface area contributed by atoms with Crippen LogP contribution in [0.25, 0.3) is 0 Å². The van der Waals surface area contributed by atoms with Gasteiger partial charge in [0.1, 0.15) is 0 Å². The molecule has 0 aromatic carbocycles. The summed E-state index contributed by atoms with van der Waals surface area (Å²) < 4.78 is 0. The first-order valence-corrected chi connectivity index (χ1v) is 4.10. The minimum Gasteiger partial charge on any atom is -0.513 e. The molecule has 0 unspecified atom stereocenters. The minimum absolute atomic E-state index is 0.367. The predicted molar refractivity (Wildman–Crippen MR) is 52.7 cm³/mol. The summed E-state index contributed by atoms with van der Waals surface area (Å²) >= 11 is 0. The third-order valence-corrected chi connectivity index (χ3v) is 1.47. The second-order valence-electron chi connectivity index (χ2n) is 2.63. The Hall–Kier alpha value is -1.18. The lowest BCUT2D eigenvalue weighted by Crippen LogP contribution is -1.86. The Kier molecular flexibility index (Phi) is 5.88. The van der Waals surface area contributed by atoms with Crippen molar-refractivity contribution in [3.05, 3.63) is 35.8 Å². The highest BCUT2D eigenvalue weighted by Gasteiger charge is 1.89. The molecular formula is C10H17NO. The van der Waals surface area contributed by atoms with Crippen LogP contribution in [0.2, 0.25) is 0 Å². The van der Waals surface area contributed by atoms with E-state index in [9.17, 15) is 0 Å². The maximum Gasteiger partial charge on any atom is 0.0852 e. The van der Waals surface area contributed by atoms with Gasteiger partial charge in [-0.25, -0.2) is 0 Å². The van der Waals surface area contributed by atoms with Crippen molar-refractivity contribution in [1.29, 1.82) is 0 Å². The molecule has 0 amide bonds. The molecule has 0 aliphatic rings. The molecule has 68 valence electrons. The van der Waals surface area contributed by atoms with Crippen molar-refractivity contribution in [3.63, 3.8) is 0 Å². The van der Waals surface area contributed by atoms with Crippen LogP contribution < -0.4 is 5.73 Å². The topological polar surface area (TPSA) is 46.2 Å². The van der Waals surface area contributed by atoms with E-state index in [4.69, 9.17) is 10.8 Å². The SMILES string of the molecule is C/C=C\C(=C/N)CC/C=C(\C)O. The van der Waals surface area contributed by atoms with E-state index < -0.39 is 0 Å². The number of hydrogen-bond donors (Lipinski definition) is 2. The van der Waals surface area contributed by atoms with E-state index in [-0.39, 0.29) is 0 Å². The van der Waals surface area contributed by atoms with Crippen LogP contribution in [0.5, 0.6) is 0 Å². The largest absolute Gasteiger partial charge is 0.513 e. The summed E-state index contributed by atoms with van der Waals surface area (Å²) in [5, 5.41) is 8.86. The Morgan fingerprint density at radius 3 is 2.58 bits per heavy atom. The van der Waals surface area contributed by atoms with E-state index in [1.165, 1.54) is 0 Å². The first kappa shape index (κ1) is 10.8. The fraction of sp³-hybridized carbons (Fsp3) is 0.400. The number of nitrogens with two attached hydrogens (primary N) is 1. The smallest absolute Gasteiger partial charge is 0.0852 e. The molecule has 0 spiro atoms. The van der Waals surface area contributed by atoms with E-state index >= 15 is 0 Å². The molecule has 2 heteroatoms. The van der Waals surface area contributed by atoms with Crippen LogP contribution in [0.15, 0.2) is 35.8 Å². The minimum atomic E-state index is 0.367. The van der Waals surface area contributed by atoms with Gasteiger partial charge in [-0.3, -0.25) is 0 Å². The van der Waals surface area contributed by atoms with Crippen LogP contribution in [0.3, 0.4) is 0 Å². The third kappa shape index (κ3) is 5.59. The number of aliphatic hydroxyl groups is 1. The first-order valence-electron chi connectivity index (χ1n) is 4.10. The van der Waals surface area contributed by atoms with Gasteiger partial charge in [0, 0.05) is 0 Å². The van der Waals surface area contributed by atoms with Crippen LogP contribution in [0, 0.1) is 0 Å². The number of aliphatic hydroxyl groups excluding tert-OH is 1. The van der Waals surface area contributed by atoms with Crippen LogP contribution in [0.4, 0.5) is 0 Å². The van der Waals surface area contributed by atoms with Gasteiger partial charge >= 0.3 is 0 Å². The molecule has 0 rings (SSSR count). The van der Waals surface area contributed by atoms with Gasteiger partial charge in [-0.05, 0) is 44.5 Å². The molecule has 0 atom stereocenters. The predicted octanol–water partition coefficient (Wildman–Crippen LogP) is 2.65. The fourth-order valence-electron chi connectivity index (χ4n) is 0.884. The highest BCUT2D eigenvalue weighted by Crippen LogP contribution is 2.06. The molecule has 0 saturated carbocycles. The second-order valence-corrected chi connectivity index (χ2v) is 2.63. The van der Waals surface area contributed by atoms with E-state index in [1.807, 2.05) is 19.1 Å². The molecule has 0 aromatic rings. The average molecular weight is 167 g/mol. The molecule has 0 aliphatic heterocycles. The van der Waals surface area contributed by atoms with Gasteiger partial charge in [0.05, 0.1) is 5.76 Å². The molecule has 0 heterocycles. The van der Waals surface area contributed by atoms with E-state index in [0.717, 1.165) is 18.4 Å². The van der Waals surface area contributed by atoms with Gasteiger partial charge in [0.2, 0.25) is 0 Å². The van der Waals surface area contributed by atoms with Crippen molar-refractivity contribution in [2.24, 2.45) is 5.73 Å². The molecule has 0 fully saturated rings. The normalized spacial score (nSPS) is 14.2. The Balaban J connectivity index is 3.83. The van der Waals surface area contributed by atoms with Crippen molar-refractivity contribution < 1.29 is 5.11 Å². The first-order chi connectivity index (χ1) is 5.70. The van der Waals surface area contributed by atoms with Crippen LogP contribution >= 0.6 is 0 Å². The van der Waals surface area contributed by atoms with Gasteiger partial charge < -0.3 is 10.8 Å². The van der Waals surface area contributed by atoms with Crippen molar-refractivity contribution in [3.8, 4) is 0 Å². The molecule has 0 radical (unpaired) electrons. The maximum absolute atomic E-state index is 8.86. The Bertz CT molecular complexity index is 198. The summed E-state index contributed by atoms with van der Waals surface area (Å²) in [5.74, 6) is 0.367. The van der Waals surface area contributed by atoms with Gasteiger partial charge in [-0.2, -0.15) is 0 Å². The average Bonchev–Trinajstić information content (AvgIpc) is 2.02. The summed E-state index contributed by atoms with van der Waals surface area (Å²) in [7, 11) is 0. The lowest BCUT2D eigenvalue weighted by atomic mass is 10.1. The van der Waals surface area contributed by atoms with Crippen molar-refractivity contribution >= 4 is 0 Å². The molecule has 12 heavy (non-hydrogen) atoms. The Morgan fingerprint density at radius 1 is 1.50 bits per heavy atom. The van der Waals surface area contributed by atoms with Gasteiger partial charge in [-0.15, -0.1) is 0 Å². The number of rotatable bonds is 4.